The molecule has 9 nitrogen and oxygen atoms in total. The number of hydrogen-bond acceptors (Lipinski definition) is 6. The van der Waals surface area contributed by atoms with E-state index in [1.165, 1.54) is 0 Å². The predicted octanol–water partition coefficient (Wildman–Crippen LogP) is 6.21. The van der Waals surface area contributed by atoms with Gasteiger partial charge in [0.05, 0.1) is 29.1 Å². The van der Waals surface area contributed by atoms with Gasteiger partial charge in [-0.25, -0.2) is 4.99 Å². The van der Waals surface area contributed by atoms with Crippen LogP contribution in [0.4, 0.5) is 11.4 Å². The second kappa shape index (κ2) is 18.5. The SMILES string of the molecule is C=C/C(C1=Nc2ccccc2NC(=O)C1)=C(\C=C/C)OCC(=O)NCC(C)(C)OCCC(C)(C)C.CC.O=CO. The van der Waals surface area contributed by atoms with Crippen LogP contribution in [-0.2, 0) is 23.9 Å². The van der Waals surface area contributed by atoms with Crippen LogP contribution in [0.5, 0.6) is 0 Å². The predicted molar refractivity (Wildman–Crippen MR) is 162 cm³/mol. The third-order valence-corrected chi connectivity index (χ3v) is 5.27. The van der Waals surface area contributed by atoms with E-state index in [9.17, 15) is 9.59 Å². The van der Waals surface area contributed by atoms with E-state index in [-0.39, 0.29) is 36.7 Å². The van der Waals surface area contributed by atoms with Gasteiger partial charge in [-0.2, -0.15) is 0 Å². The number of nitrogens with one attached hydrogen (secondary N) is 2. The van der Waals surface area contributed by atoms with Crippen molar-refractivity contribution in [1.82, 2.24) is 5.32 Å². The van der Waals surface area contributed by atoms with E-state index < -0.39 is 5.60 Å². The van der Waals surface area contributed by atoms with Gasteiger partial charge >= 0.3 is 0 Å². The minimum Gasteiger partial charge on any atom is -0.483 e. The Balaban J connectivity index is 0.00000284. The molecule has 0 atom stereocenters. The summed E-state index contributed by atoms with van der Waals surface area (Å²) in [4.78, 5) is 38.0. The maximum atomic E-state index is 12.5. The Bertz CT molecular complexity index is 1070. The second-order valence-electron chi connectivity index (χ2n) is 10.4. The number of rotatable bonds is 11. The fourth-order valence-electron chi connectivity index (χ4n) is 3.28. The number of carboxylic acid groups (broad SMARTS) is 1. The summed E-state index contributed by atoms with van der Waals surface area (Å²) in [5.74, 6) is -0.0302. The molecule has 222 valence electrons. The maximum absolute atomic E-state index is 12.5. The molecule has 0 radical (unpaired) electrons. The van der Waals surface area contributed by atoms with Crippen molar-refractivity contribution in [1.29, 1.82) is 0 Å². The van der Waals surface area contributed by atoms with E-state index in [0.29, 0.717) is 41.6 Å². The number of anilines is 1. The lowest BCUT2D eigenvalue weighted by molar-refractivity contribution is -0.126. The van der Waals surface area contributed by atoms with Crippen LogP contribution >= 0.6 is 0 Å². The number of amides is 2. The molecule has 1 aliphatic heterocycles. The van der Waals surface area contributed by atoms with Crippen LogP contribution in [0.3, 0.4) is 0 Å². The summed E-state index contributed by atoms with van der Waals surface area (Å²) in [6.45, 7) is 20.7. The van der Waals surface area contributed by atoms with Gasteiger partial charge in [-0.05, 0) is 50.8 Å². The average molecular weight is 558 g/mol. The van der Waals surface area contributed by atoms with Crippen LogP contribution in [0.2, 0.25) is 0 Å². The van der Waals surface area contributed by atoms with E-state index >= 15 is 0 Å². The number of carbonyl (C=O) groups excluding carboxylic acids is 2. The third kappa shape index (κ3) is 14.4. The van der Waals surface area contributed by atoms with E-state index in [0.717, 1.165) is 6.42 Å². The van der Waals surface area contributed by atoms with E-state index in [4.69, 9.17) is 19.4 Å². The van der Waals surface area contributed by atoms with Gasteiger partial charge in [0.15, 0.2) is 6.61 Å². The molecule has 0 bridgehead atoms. The first-order valence-electron chi connectivity index (χ1n) is 13.4. The number of allylic oxidation sites excluding steroid dienone is 4. The van der Waals surface area contributed by atoms with Crippen LogP contribution in [0.1, 0.15) is 68.2 Å². The molecule has 0 spiro atoms. The van der Waals surface area contributed by atoms with Gasteiger partial charge in [0, 0.05) is 18.7 Å². The Morgan fingerprint density at radius 1 is 1.20 bits per heavy atom. The highest BCUT2D eigenvalue weighted by Gasteiger charge is 2.22. The van der Waals surface area contributed by atoms with Crippen LogP contribution in [0.15, 0.2) is 65.4 Å². The molecule has 9 heteroatoms. The number of fused-ring (bicyclic) bond motifs is 1. The zero-order valence-electron chi connectivity index (χ0n) is 25.3. The van der Waals surface area contributed by atoms with Crippen LogP contribution in [0.25, 0.3) is 0 Å². The molecule has 2 amide bonds. The molecule has 0 fully saturated rings. The molecule has 0 saturated carbocycles. The minimum atomic E-state index is -0.495. The Kier molecular flexibility index (Phi) is 16.8. The van der Waals surface area contributed by atoms with E-state index in [1.807, 2.05) is 52.8 Å². The normalized spacial score (nSPS) is 13.5. The highest BCUT2D eigenvalue weighted by atomic mass is 16.5. The van der Waals surface area contributed by atoms with Crippen LogP contribution in [-0.4, -0.2) is 54.5 Å². The molecule has 1 aliphatic rings. The summed E-state index contributed by atoms with van der Waals surface area (Å²) in [7, 11) is 0. The lowest BCUT2D eigenvalue weighted by atomic mass is 9.93. The van der Waals surface area contributed by atoms with Crippen LogP contribution < -0.4 is 10.6 Å². The fourth-order valence-corrected chi connectivity index (χ4v) is 3.28. The second-order valence-corrected chi connectivity index (χ2v) is 10.4. The van der Waals surface area contributed by atoms with E-state index in [1.54, 1.807) is 24.3 Å². The molecule has 40 heavy (non-hydrogen) atoms. The molecule has 0 unspecified atom stereocenters. The van der Waals surface area contributed by atoms with Crippen molar-refractivity contribution in [3.8, 4) is 0 Å². The summed E-state index contributed by atoms with van der Waals surface area (Å²) in [5.41, 5.74) is 2.08. The quantitative estimate of drug-likeness (QED) is 0.169. The van der Waals surface area contributed by atoms with E-state index in [2.05, 4.69) is 43.0 Å². The van der Waals surface area contributed by atoms with Crippen molar-refractivity contribution in [3.05, 3.63) is 60.4 Å². The number of nitrogens with zero attached hydrogens (tertiary/aromatic N) is 1. The first kappa shape index (κ1) is 36.3. The average Bonchev–Trinajstić information content (AvgIpc) is 3.05. The third-order valence-electron chi connectivity index (χ3n) is 5.27. The Hall–Kier alpha value is -3.72. The van der Waals surface area contributed by atoms with Gasteiger partial charge in [0.2, 0.25) is 5.91 Å². The molecular formula is C31H47N3O6. The Morgan fingerprint density at radius 3 is 2.40 bits per heavy atom. The van der Waals surface area contributed by atoms with Crippen molar-refractivity contribution >= 4 is 35.4 Å². The Morgan fingerprint density at radius 2 is 1.82 bits per heavy atom. The van der Waals surface area contributed by atoms with Crippen molar-refractivity contribution in [2.75, 3.05) is 25.1 Å². The standard InChI is InChI=1S/C28H39N3O4.C2H6.CH2O2/c1-8-12-24(34-18-26(33)29-19-28(6,7)35-16-15-27(3,4)5)20(9-2)23-17-25(32)31-22-14-11-10-13-21(22)30-23;1-2;2-1-3/h8-14H,2,15-19H2,1,3-7H3,(H,29,33)(H,31,32);1-2H3;1H,(H,2,3)/b12-8-,24-20-;;. The summed E-state index contributed by atoms with van der Waals surface area (Å²) in [5, 5.41) is 12.6. The molecule has 0 aliphatic carbocycles. The van der Waals surface area contributed by atoms with Crippen LogP contribution in [0, 0.1) is 5.41 Å². The largest absolute Gasteiger partial charge is 0.483 e. The molecular weight excluding hydrogens is 510 g/mol. The number of benzene rings is 1. The number of carbonyl (C=O) groups is 3. The van der Waals surface area contributed by atoms with Gasteiger partial charge in [-0.3, -0.25) is 14.4 Å². The Labute approximate surface area is 239 Å². The maximum Gasteiger partial charge on any atom is 0.290 e. The number of aliphatic imine (C=N–C) groups is 1. The molecule has 0 saturated heterocycles. The molecule has 3 N–H and O–H groups in total. The van der Waals surface area contributed by atoms with Crippen molar-refractivity contribution in [2.24, 2.45) is 10.4 Å². The molecule has 2 rings (SSSR count). The highest BCUT2D eigenvalue weighted by Crippen LogP contribution is 2.29. The first-order valence-corrected chi connectivity index (χ1v) is 13.4. The summed E-state index contributed by atoms with van der Waals surface area (Å²) < 4.78 is 11.8. The zero-order chi connectivity index (χ0) is 30.8. The van der Waals surface area contributed by atoms with Crippen molar-refractivity contribution in [3.63, 3.8) is 0 Å². The van der Waals surface area contributed by atoms with Gasteiger partial charge < -0.3 is 25.2 Å². The summed E-state index contributed by atoms with van der Waals surface area (Å²) in [6.07, 6.45) is 6.13. The number of hydrogen-bond donors (Lipinski definition) is 3. The lowest BCUT2D eigenvalue weighted by Crippen LogP contribution is -2.42. The smallest absolute Gasteiger partial charge is 0.290 e. The summed E-state index contributed by atoms with van der Waals surface area (Å²) >= 11 is 0. The first-order chi connectivity index (χ1) is 18.9. The molecule has 1 heterocycles. The van der Waals surface area contributed by atoms with Gasteiger partial charge in [0.25, 0.3) is 12.4 Å². The molecule has 0 aromatic heterocycles. The van der Waals surface area contributed by atoms with Gasteiger partial charge in [0.1, 0.15) is 5.76 Å². The van der Waals surface area contributed by atoms with Crippen molar-refractivity contribution in [2.45, 2.75) is 73.8 Å². The van der Waals surface area contributed by atoms with Gasteiger partial charge in [-0.1, -0.05) is 65.5 Å². The minimum absolute atomic E-state index is 0.0622. The highest BCUT2D eigenvalue weighted by molar-refractivity contribution is 6.18. The summed E-state index contributed by atoms with van der Waals surface area (Å²) in [6, 6.07) is 7.33. The molecule has 1 aromatic rings. The number of para-hydroxylation sites is 2. The number of ether oxygens (including phenoxy) is 2. The fraction of sp³-hybridized carbons (Fsp3) is 0.484. The van der Waals surface area contributed by atoms with Crippen molar-refractivity contribution < 1.29 is 29.0 Å². The van der Waals surface area contributed by atoms with Gasteiger partial charge in [-0.15, -0.1) is 0 Å². The lowest BCUT2D eigenvalue weighted by Gasteiger charge is -2.28. The monoisotopic (exact) mass is 557 g/mol. The topological polar surface area (TPSA) is 126 Å². The molecule has 1 aromatic carbocycles. The zero-order valence-corrected chi connectivity index (χ0v) is 25.3.